The first-order valence-corrected chi connectivity index (χ1v) is 24.4. The molecular formula is C49H65N13O12. The summed E-state index contributed by atoms with van der Waals surface area (Å²) in [6.07, 6.45) is 3.81. The zero-order chi connectivity index (χ0) is 53.5. The lowest BCUT2D eigenvalue weighted by Gasteiger charge is -2.31. The number of imidazole rings is 1. The maximum Gasteiger partial charge on any atom is 0.326 e. The number of nitrogens with two attached hydrogens (primary N) is 3. The Kier molecular flexibility index (Phi) is 19.7. The van der Waals surface area contributed by atoms with Crippen molar-refractivity contribution in [1.29, 1.82) is 0 Å². The van der Waals surface area contributed by atoms with Crippen LogP contribution in [0, 0.1) is 0 Å². The first-order valence-electron chi connectivity index (χ1n) is 24.4. The number of fused-ring (bicyclic) bond motifs is 1. The number of H-pyrrole nitrogens is 2. The summed E-state index contributed by atoms with van der Waals surface area (Å²) in [5.74, 6) is -8.45. The molecule has 4 heterocycles. The Hall–Kier alpha value is -7.74. The van der Waals surface area contributed by atoms with E-state index in [2.05, 4.69) is 41.5 Å². The van der Waals surface area contributed by atoms with E-state index in [0.29, 0.717) is 36.1 Å². The Bertz CT molecular complexity index is 2610. The number of aromatic amines is 2. The minimum Gasteiger partial charge on any atom is -0.480 e. The van der Waals surface area contributed by atoms with Crippen molar-refractivity contribution in [2.24, 2.45) is 17.2 Å². The van der Waals surface area contributed by atoms with Crippen molar-refractivity contribution in [3.05, 3.63) is 90.1 Å². The summed E-state index contributed by atoms with van der Waals surface area (Å²) in [6, 6.07) is 4.50. The van der Waals surface area contributed by atoms with Crippen LogP contribution in [0.5, 0.6) is 0 Å². The Labute approximate surface area is 425 Å². The Balaban J connectivity index is 1.13. The monoisotopic (exact) mass is 1030 g/mol. The normalized spacial score (nSPS) is 18.8. The number of carbonyl (C=O) groups excluding carboxylic acids is 8. The van der Waals surface area contributed by atoms with Gasteiger partial charge in [-0.1, -0.05) is 48.5 Å². The summed E-state index contributed by atoms with van der Waals surface area (Å²) >= 11 is 0. The second-order valence-electron chi connectivity index (χ2n) is 18.5. The van der Waals surface area contributed by atoms with Gasteiger partial charge in [-0.25, -0.2) is 9.78 Å². The van der Waals surface area contributed by atoms with E-state index in [0.717, 1.165) is 15.8 Å². The lowest BCUT2D eigenvalue weighted by molar-refractivity contribution is -0.144. The van der Waals surface area contributed by atoms with Gasteiger partial charge in [-0.3, -0.25) is 38.4 Å². The topological polar surface area (TPSA) is 403 Å². The molecule has 9 atom stereocenters. The van der Waals surface area contributed by atoms with Crippen LogP contribution in [0.1, 0.15) is 61.8 Å². The fraction of sp³-hybridized carbons (Fsp3) is 0.469. The van der Waals surface area contributed by atoms with E-state index in [4.69, 9.17) is 17.2 Å². The van der Waals surface area contributed by atoms with Crippen LogP contribution >= 0.6 is 0 Å². The smallest absolute Gasteiger partial charge is 0.326 e. The molecule has 16 N–H and O–H groups in total. The molecule has 2 fully saturated rings. The van der Waals surface area contributed by atoms with Gasteiger partial charge in [0.1, 0.15) is 42.3 Å². The van der Waals surface area contributed by atoms with Gasteiger partial charge in [0, 0.05) is 67.8 Å². The Morgan fingerprint density at radius 3 is 2.09 bits per heavy atom. The molecule has 74 heavy (non-hydrogen) atoms. The number of hydrogen-bond donors (Lipinski definition) is 13. The minimum atomic E-state index is -1.80. The van der Waals surface area contributed by atoms with Crippen LogP contribution in [0.2, 0.25) is 0 Å². The number of carboxylic acids is 1. The van der Waals surface area contributed by atoms with E-state index in [9.17, 15) is 58.5 Å². The molecule has 398 valence electrons. The van der Waals surface area contributed by atoms with Gasteiger partial charge in [0.05, 0.1) is 31.5 Å². The molecule has 0 radical (unpaired) electrons. The molecule has 9 unspecified atom stereocenters. The molecule has 0 aliphatic carbocycles. The summed E-state index contributed by atoms with van der Waals surface area (Å²) in [4.78, 5) is 134. The molecule has 0 saturated carbocycles. The third kappa shape index (κ3) is 14.7. The molecule has 0 bridgehead atoms. The predicted molar refractivity (Wildman–Crippen MR) is 264 cm³/mol. The highest BCUT2D eigenvalue weighted by Crippen LogP contribution is 2.24. The van der Waals surface area contributed by atoms with Crippen LogP contribution in [-0.4, -0.2) is 174 Å². The highest BCUT2D eigenvalue weighted by Gasteiger charge is 2.44. The van der Waals surface area contributed by atoms with E-state index >= 15 is 0 Å². The minimum absolute atomic E-state index is 0.0685. The second kappa shape index (κ2) is 26.3. The summed E-state index contributed by atoms with van der Waals surface area (Å²) in [5.41, 5.74) is 20.0. The fourth-order valence-electron chi connectivity index (χ4n) is 9.23. The lowest BCUT2D eigenvalue weighted by Crippen LogP contribution is -2.61. The van der Waals surface area contributed by atoms with E-state index in [1.807, 2.05) is 6.07 Å². The van der Waals surface area contributed by atoms with Gasteiger partial charge < -0.3 is 78.9 Å². The van der Waals surface area contributed by atoms with Gasteiger partial charge in [0.2, 0.25) is 47.3 Å². The van der Waals surface area contributed by atoms with Gasteiger partial charge in [0.15, 0.2) is 0 Å². The van der Waals surface area contributed by atoms with Crippen LogP contribution < -0.4 is 43.8 Å². The predicted octanol–water partition coefficient (Wildman–Crippen LogP) is -3.30. The number of likely N-dealkylation sites (tertiary alicyclic amines) is 2. The van der Waals surface area contributed by atoms with E-state index in [1.165, 1.54) is 17.4 Å². The Morgan fingerprint density at radius 2 is 1.41 bits per heavy atom. The highest BCUT2D eigenvalue weighted by molar-refractivity contribution is 5.99. The first kappa shape index (κ1) is 55.6. The maximum absolute atomic E-state index is 14.4. The largest absolute Gasteiger partial charge is 0.480 e. The SMILES string of the molecule is NCCCCC(NC(=O)C1CCCN1C(=O)C(N)Cc1cnc[nH]1)C(=O)N1CC(O)CC1C(=O)NC(CC(N)=O)C(=O)NC(CO)C(=O)NC(Cc1ccccc1)C(=O)NC(Cc1c[nH]c2ccccc12)C(=O)O. The summed E-state index contributed by atoms with van der Waals surface area (Å²) < 4.78 is 0. The number of primary amides is 1. The molecule has 8 amide bonds. The average molecular weight is 1030 g/mol. The van der Waals surface area contributed by atoms with Crippen LogP contribution in [0.15, 0.2) is 73.3 Å². The second-order valence-corrected chi connectivity index (χ2v) is 18.5. The summed E-state index contributed by atoms with van der Waals surface area (Å²) in [6.45, 7) is -0.887. The average Bonchev–Trinajstić information content (AvgIpc) is 4.23. The number of rotatable bonds is 26. The van der Waals surface area contributed by atoms with E-state index in [1.54, 1.807) is 54.7 Å². The molecule has 25 nitrogen and oxygen atoms in total. The number of β-amino-alcohol motifs (C(OH)–C–C–N with tert-alkyl or cyclic N) is 1. The van der Waals surface area contributed by atoms with E-state index in [-0.39, 0.29) is 58.2 Å². The maximum atomic E-state index is 14.4. The lowest BCUT2D eigenvalue weighted by atomic mass is 10.0. The zero-order valence-corrected chi connectivity index (χ0v) is 40.6. The molecule has 6 rings (SSSR count). The fourth-order valence-corrected chi connectivity index (χ4v) is 9.23. The van der Waals surface area contributed by atoms with Gasteiger partial charge in [0.25, 0.3) is 0 Å². The van der Waals surface area contributed by atoms with Crippen molar-refractivity contribution in [1.82, 2.24) is 51.3 Å². The first-order chi connectivity index (χ1) is 35.5. The number of hydrogen-bond acceptors (Lipinski definition) is 14. The zero-order valence-electron chi connectivity index (χ0n) is 40.6. The number of para-hydroxylation sites is 1. The Morgan fingerprint density at radius 1 is 0.743 bits per heavy atom. The van der Waals surface area contributed by atoms with Crippen LogP contribution in [0.4, 0.5) is 0 Å². The molecule has 2 aromatic carbocycles. The molecule has 2 aliphatic heterocycles. The van der Waals surface area contributed by atoms with Gasteiger partial charge in [-0.05, 0) is 55.8 Å². The number of amides is 8. The van der Waals surface area contributed by atoms with Crippen molar-refractivity contribution in [2.45, 2.75) is 119 Å². The molecule has 25 heteroatoms. The van der Waals surface area contributed by atoms with Gasteiger partial charge in [-0.2, -0.15) is 0 Å². The van der Waals surface area contributed by atoms with Gasteiger partial charge >= 0.3 is 5.97 Å². The summed E-state index contributed by atoms with van der Waals surface area (Å²) in [7, 11) is 0. The number of carboxylic acid groups (broad SMARTS) is 1. The molecule has 2 saturated heterocycles. The number of carbonyl (C=O) groups is 9. The van der Waals surface area contributed by atoms with Crippen molar-refractivity contribution in [2.75, 3.05) is 26.2 Å². The number of nitrogens with one attached hydrogen (secondary N) is 7. The number of aliphatic carboxylic acids is 1. The third-order valence-electron chi connectivity index (χ3n) is 13.1. The standard InChI is InChI=1S/C49H65N13O12/c50-15-7-6-13-34(56-45(69)39-14-8-16-61(39)47(71)32(51)19-29-23-53-26-55-29)48(72)62-24-30(64)20-40(62)46(70)58-36(21-41(52)65)43(67)60-38(25-63)44(68)57-35(17-27-9-2-1-3-10-27)42(66)59-37(49(73)74)18-28-22-54-33-12-5-4-11-31(28)33/h1-5,9-12,22-23,26,30,32,34-40,54,63-64H,6-8,13-21,24-25,50-51H2,(H2,52,65)(H,53,55)(H,56,69)(H,57,68)(H,58,70)(H,59,66)(H,60,67)(H,73,74). The van der Waals surface area contributed by atoms with Crippen LogP contribution in [-0.2, 0) is 62.4 Å². The molecule has 2 aliphatic rings. The molecule has 0 spiro atoms. The van der Waals surface area contributed by atoms with Crippen molar-refractivity contribution >= 4 is 64.1 Å². The third-order valence-corrected chi connectivity index (χ3v) is 13.1. The molecule has 4 aromatic rings. The van der Waals surface area contributed by atoms with Crippen LogP contribution in [0.25, 0.3) is 10.9 Å². The number of aliphatic hydroxyl groups excluding tert-OH is 2. The number of unbranched alkanes of at least 4 members (excludes halogenated alkanes) is 1. The van der Waals surface area contributed by atoms with Crippen LogP contribution in [0.3, 0.4) is 0 Å². The molecular weight excluding hydrogens is 963 g/mol. The van der Waals surface area contributed by atoms with Gasteiger partial charge in [-0.15, -0.1) is 0 Å². The van der Waals surface area contributed by atoms with E-state index < -0.39 is 121 Å². The number of aliphatic hydroxyl groups is 2. The van der Waals surface area contributed by atoms with Crippen molar-refractivity contribution in [3.8, 4) is 0 Å². The highest BCUT2D eigenvalue weighted by atomic mass is 16.4. The number of nitrogens with zero attached hydrogens (tertiary/aromatic N) is 3. The number of aromatic nitrogens is 3. The van der Waals surface area contributed by atoms with Crippen molar-refractivity contribution in [3.63, 3.8) is 0 Å². The van der Waals surface area contributed by atoms with Crippen molar-refractivity contribution < 1.29 is 58.5 Å². The summed E-state index contributed by atoms with van der Waals surface area (Å²) in [5, 5.41) is 44.5. The number of benzene rings is 2. The quantitative estimate of drug-likeness (QED) is 0.0274. The molecule has 2 aromatic heterocycles.